The number of pyridine rings is 1. The van der Waals surface area contributed by atoms with Crippen molar-refractivity contribution in [2.45, 2.75) is 6.54 Å². The second-order valence-electron chi connectivity index (χ2n) is 7.25. The summed E-state index contributed by atoms with van der Waals surface area (Å²) in [5, 5.41) is 3.00. The fraction of sp³-hybridized carbons (Fsp3) is 0.261. The normalized spacial score (nSPS) is 14.9. The van der Waals surface area contributed by atoms with Crippen molar-refractivity contribution < 1.29 is 4.79 Å². The number of urea groups is 1. The van der Waals surface area contributed by atoms with Gasteiger partial charge in [0.15, 0.2) is 0 Å². The average molecular weight is 403 g/mol. The standard InChI is InChI=1S/C23H26N6O/c30-23(26-18-21-8-9-22(25-17-21)29-12-10-24-19-29)28-15-13-27(14-16-28)11-4-7-20-5-2-1-3-6-20/h1-10,12,17,19H,11,13-16,18H2,(H,26,30). The van der Waals surface area contributed by atoms with Crippen molar-refractivity contribution in [3.63, 3.8) is 0 Å². The molecule has 0 atom stereocenters. The molecule has 1 saturated heterocycles. The molecule has 3 heterocycles. The molecule has 2 aromatic heterocycles. The Morgan fingerprint density at radius 1 is 1.07 bits per heavy atom. The molecule has 2 amide bonds. The van der Waals surface area contributed by atoms with Crippen LogP contribution in [0.1, 0.15) is 11.1 Å². The lowest BCUT2D eigenvalue weighted by Crippen LogP contribution is -2.51. The first-order chi connectivity index (χ1) is 14.8. The molecule has 0 bridgehead atoms. The molecule has 1 fully saturated rings. The summed E-state index contributed by atoms with van der Waals surface area (Å²) in [6.45, 7) is 4.61. The molecule has 0 spiro atoms. The summed E-state index contributed by atoms with van der Waals surface area (Å²) in [6.07, 6.45) is 11.4. The third kappa shape index (κ3) is 5.33. The second-order valence-corrected chi connectivity index (χ2v) is 7.25. The van der Waals surface area contributed by atoms with Gasteiger partial charge in [-0.15, -0.1) is 0 Å². The highest BCUT2D eigenvalue weighted by molar-refractivity contribution is 5.74. The van der Waals surface area contributed by atoms with E-state index in [1.807, 2.05) is 46.0 Å². The van der Waals surface area contributed by atoms with E-state index in [1.165, 1.54) is 5.56 Å². The molecule has 0 aliphatic carbocycles. The molecule has 1 aliphatic heterocycles. The molecule has 1 aliphatic rings. The molecule has 7 nitrogen and oxygen atoms in total. The van der Waals surface area contributed by atoms with Gasteiger partial charge in [0.25, 0.3) is 0 Å². The van der Waals surface area contributed by atoms with Gasteiger partial charge in [0.2, 0.25) is 0 Å². The van der Waals surface area contributed by atoms with E-state index in [2.05, 4.69) is 44.5 Å². The average Bonchev–Trinajstić information content (AvgIpc) is 3.34. The lowest BCUT2D eigenvalue weighted by atomic mass is 10.2. The quantitative estimate of drug-likeness (QED) is 0.689. The number of aromatic nitrogens is 3. The zero-order valence-electron chi connectivity index (χ0n) is 16.9. The number of nitrogens with zero attached hydrogens (tertiary/aromatic N) is 5. The maximum atomic E-state index is 12.5. The summed E-state index contributed by atoms with van der Waals surface area (Å²) >= 11 is 0. The van der Waals surface area contributed by atoms with Crippen molar-refractivity contribution in [2.75, 3.05) is 32.7 Å². The highest BCUT2D eigenvalue weighted by atomic mass is 16.2. The summed E-state index contributed by atoms with van der Waals surface area (Å²) in [5.41, 5.74) is 2.18. The number of hydrogen-bond acceptors (Lipinski definition) is 4. The minimum absolute atomic E-state index is 0.0202. The van der Waals surface area contributed by atoms with Crippen molar-refractivity contribution in [1.82, 2.24) is 29.7 Å². The molecule has 30 heavy (non-hydrogen) atoms. The number of carbonyl (C=O) groups is 1. The van der Waals surface area contributed by atoms with Gasteiger partial charge in [0.1, 0.15) is 12.1 Å². The lowest BCUT2D eigenvalue weighted by molar-refractivity contribution is 0.146. The Morgan fingerprint density at radius 3 is 2.60 bits per heavy atom. The van der Waals surface area contributed by atoms with E-state index in [4.69, 9.17) is 0 Å². The Hall–Kier alpha value is -3.45. The number of carbonyl (C=O) groups excluding carboxylic acids is 1. The van der Waals surface area contributed by atoms with Gasteiger partial charge >= 0.3 is 6.03 Å². The smallest absolute Gasteiger partial charge is 0.317 e. The molecule has 3 aromatic rings. The molecular weight excluding hydrogens is 376 g/mol. The van der Waals surface area contributed by atoms with Crippen LogP contribution in [0.2, 0.25) is 0 Å². The Balaban J connectivity index is 1.18. The first kappa shape index (κ1) is 19.8. The Kier molecular flexibility index (Phi) is 6.51. The molecule has 0 saturated carbocycles. The summed E-state index contributed by atoms with van der Waals surface area (Å²) in [7, 11) is 0. The van der Waals surface area contributed by atoms with Gasteiger partial charge < -0.3 is 10.2 Å². The second kappa shape index (κ2) is 9.84. The van der Waals surface area contributed by atoms with Crippen LogP contribution in [-0.4, -0.2) is 63.1 Å². The first-order valence-electron chi connectivity index (χ1n) is 10.2. The van der Waals surface area contributed by atoms with Crippen LogP contribution in [0, 0.1) is 0 Å². The third-order valence-electron chi connectivity index (χ3n) is 5.15. The van der Waals surface area contributed by atoms with Gasteiger partial charge in [-0.1, -0.05) is 48.6 Å². The van der Waals surface area contributed by atoms with Crippen molar-refractivity contribution >= 4 is 12.1 Å². The van der Waals surface area contributed by atoms with Crippen LogP contribution in [0.4, 0.5) is 4.79 Å². The van der Waals surface area contributed by atoms with Crippen LogP contribution in [0.25, 0.3) is 11.9 Å². The SMILES string of the molecule is O=C(NCc1ccc(-n2ccnc2)nc1)N1CCN(CC=Cc2ccccc2)CC1. The molecule has 154 valence electrons. The number of nitrogens with one attached hydrogen (secondary N) is 1. The van der Waals surface area contributed by atoms with Crippen molar-refractivity contribution in [1.29, 1.82) is 0 Å². The lowest BCUT2D eigenvalue weighted by Gasteiger charge is -2.34. The van der Waals surface area contributed by atoms with Crippen molar-refractivity contribution in [3.8, 4) is 5.82 Å². The van der Waals surface area contributed by atoms with Crippen molar-refractivity contribution in [2.24, 2.45) is 0 Å². The Labute approximate surface area is 176 Å². The van der Waals surface area contributed by atoms with E-state index >= 15 is 0 Å². The fourth-order valence-corrected chi connectivity index (χ4v) is 3.39. The number of piperazine rings is 1. The first-order valence-corrected chi connectivity index (χ1v) is 10.2. The largest absolute Gasteiger partial charge is 0.334 e. The molecule has 0 radical (unpaired) electrons. The van der Waals surface area contributed by atoms with E-state index < -0.39 is 0 Å². The van der Waals surface area contributed by atoms with Gasteiger partial charge in [-0.3, -0.25) is 9.47 Å². The minimum atomic E-state index is -0.0202. The predicted molar refractivity (Wildman–Crippen MR) is 117 cm³/mol. The molecule has 1 N–H and O–H groups in total. The van der Waals surface area contributed by atoms with E-state index in [1.54, 1.807) is 18.7 Å². The molecule has 0 unspecified atom stereocenters. The van der Waals surface area contributed by atoms with Gasteiger partial charge in [-0.05, 0) is 17.2 Å². The van der Waals surface area contributed by atoms with E-state index in [0.29, 0.717) is 6.54 Å². The number of imidazole rings is 1. The van der Waals surface area contributed by atoms with Gasteiger partial charge in [-0.25, -0.2) is 14.8 Å². The van der Waals surface area contributed by atoms with Crippen LogP contribution in [0.5, 0.6) is 0 Å². The number of hydrogen-bond donors (Lipinski definition) is 1. The highest BCUT2D eigenvalue weighted by Gasteiger charge is 2.20. The topological polar surface area (TPSA) is 66.3 Å². The van der Waals surface area contributed by atoms with Crippen LogP contribution in [0.15, 0.2) is 73.5 Å². The summed E-state index contributed by atoms with van der Waals surface area (Å²) in [6, 6.07) is 14.2. The Bertz CT molecular complexity index is 945. The molecule has 4 rings (SSSR count). The third-order valence-corrected chi connectivity index (χ3v) is 5.15. The van der Waals surface area contributed by atoms with Crippen LogP contribution in [-0.2, 0) is 6.54 Å². The molecular formula is C23H26N6O. The molecule has 7 heteroatoms. The maximum absolute atomic E-state index is 12.5. The number of rotatable bonds is 6. The van der Waals surface area contributed by atoms with Crippen LogP contribution >= 0.6 is 0 Å². The van der Waals surface area contributed by atoms with E-state index in [0.717, 1.165) is 44.1 Å². The Morgan fingerprint density at radius 2 is 1.90 bits per heavy atom. The number of amides is 2. The monoisotopic (exact) mass is 402 g/mol. The van der Waals surface area contributed by atoms with Gasteiger partial charge in [0, 0.05) is 57.9 Å². The summed E-state index contributed by atoms with van der Waals surface area (Å²) < 4.78 is 1.84. The number of benzene rings is 1. The van der Waals surface area contributed by atoms with Crippen molar-refractivity contribution in [3.05, 3.63) is 84.6 Å². The predicted octanol–water partition coefficient (Wildman–Crippen LogP) is 2.81. The van der Waals surface area contributed by atoms with Gasteiger partial charge in [-0.2, -0.15) is 0 Å². The zero-order valence-corrected chi connectivity index (χ0v) is 16.9. The summed E-state index contributed by atoms with van der Waals surface area (Å²) in [4.78, 5) is 25.2. The van der Waals surface area contributed by atoms with E-state index in [9.17, 15) is 4.79 Å². The highest BCUT2D eigenvalue weighted by Crippen LogP contribution is 2.07. The van der Waals surface area contributed by atoms with Crippen LogP contribution < -0.4 is 5.32 Å². The summed E-state index contributed by atoms with van der Waals surface area (Å²) in [5.74, 6) is 0.806. The maximum Gasteiger partial charge on any atom is 0.317 e. The van der Waals surface area contributed by atoms with Gasteiger partial charge in [0.05, 0.1) is 0 Å². The van der Waals surface area contributed by atoms with Crippen LogP contribution in [0.3, 0.4) is 0 Å². The minimum Gasteiger partial charge on any atom is -0.334 e. The fourth-order valence-electron chi connectivity index (χ4n) is 3.39. The zero-order chi connectivity index (χ0) is 20.6. The van der Waals surface area contributed by atoms with E-state index in [-0.39, 0.29) is 6.03 Å². The molecule has 1 aromatic carbocycles.